The maximum atomic E-state index is 14.3. The molecule has 6 rings (SSSR count). The first-order chi connectivity index (χ1) is 17.9. The first-order valence-corrected chi connectivity index (χ1v) is 12.8. The van der Waals surface area contributed by atoms with Crippen LogP contribution in [0.1, 0.15) is 29.9 Å². The largest absolute Gasteiger partial charge is 0.331 e. The number of rotatable bonds is 7. The third kappa shape index (κ3) is 4.20. The predicted molar refractivity (Wildman–Crippen MR) is 145 cm³/mol. The summed E-state index contributed by atoms with van der Waals surface area (Å²) in [6.07, 6.45) is 7.13. The van der Waals surface area contributed by atoms with E-state index in [0.29, 0.717) is 38.3 Å². The lowest BCUT2D eigenvalue weighted by Gasteiger charge is -2.20. The highest BCUT2D eigenvalue weighted by Crippen LogP contribution is 2.40. The second-order valence-corrected chi connectivity index (χ2v) is 9.95. The molecule has 3 aromatic heterocycles. The van der Waals surface area contributed by atoms with Gasteiger partial charge >= 0.3 is 0 Å². The summed E-state index contributed by atoms with van der Waals surface area (Å²) in [7, 11) is 0. The molecule has 0 saturated carbocycles. The molecule has 0 bridgehead atoms. The fourth-order valence-electron chi connectivity index (χ4n) is 4.91. The molecule has 37 heavy (non-hydrogen) atoms. The molecule has 7 nitrogen and oxygen atoms in total. The number of aryl methyl sites for hydroxylation is 1. The molecule has 5 aromatic rings. The molecule has 0 spiro atoms. The van der Waals surface area contributed by atoms with Crippen molar-refractivity contribution in [3.05, 3.63) is 94.5 Å². The van der Waals surface area contributed by atoms with E-state index in [9.17, 15) is 4.39 Å². The number of imidazole rings is 2. The lowest BCUT2D eigenvalue weighted by atomic mass is 10.0. The molecule has 2 N–H and O–H groups in total. The summed E-state index contributed by atoms with van der Waals surface area (Å²) < 4.78 is 17.8. The number of H-pyrrole nitrogens is 1. The van der Waals surface area contributed by atoms with Gasteiger partial charge in [0.1, 0.15) is 17.7 Å². The van der Waals surface area contributed by atoms with Crippen LogP contribution >= 0.6 is 23.2 Å². The molecule has 10 heteroatoms. The Hall–Kier alpha value is -3.62. The molecule has 0 saturated heterocycles. The summed E-state index contributed by atoms with van der Waals surface area (Å²) in [5.74, 6) is 0.528. The van der Waals surface area contributed by atoms with E-state index < -0.39 is 12.2 Å². The van der Waals surface area contributed by atoms with Crippen LogP contribution in [-0.2, 0) is 19.4 Å². The van der Waals surface area contributed by atoms with Crippen molar-refractivity contribution in [1.29, 1.82) is 0 Å². The molecule has 0 aliphatic carbocycles. The van der Waals surface area contributed by atoms with Gasteiger partial charge in [-0.3, -0.25) is 4.68 Å². The Bertz CT molecular complexity index is 1600. The van der Waals surface area contributed by atoms with Crippen LogP contribution < -0.4 is 5.32 Å². The number of halogens is 3. The third-order valence-corrected chi connectivity index (χ3v) is 7.49. The van der Waals surface area contributed by atoms with Gasteiger partial charge in [0.15, 0.2) is 0 Å². The van der Waals surface area contributed by atoms with Gasteiger partial charge in [-0.05, 0) is 23.6 Å². The third-order valence-electron chi connectivity index (χ3n) is 6.80. The van der Waals surface area contributed by atoms with Gasteiger partial charge in [0.25, 0.3) is 0 Å². The van der Waals surface area contributed by atoms with Crippen molar-refractivity contribution in [3.8, 4) is 11.1 Å². The minimum atomic E-state index is -0.953. The smallest absolute Gasteiger partial charge is 0.204 e. The van der Waals surface area contributed by atoms with Crippen LogP contribution in [0.2, 0.25) is 10.0 Å². The van der Waals surface area contributed by atoms with E-state index in [-0.39, 0.29) is 13.0 Å². The number of benzene rings is 2. The van der Waals surface area contributed by atoms with Gasteiger partial charge in [0.2, 0.25) is 5.95 Å². The summed E-state index contributed by atoms with van der Waals surface area (Å²) in [6.45, 7) is 6.66. The summed E-state index contributed by atoms with van der Waals surface area (Å²) in [5.41, 5.74) is 5.62. The van der Waals surface area contributed by atoms with Crippen LogP contribution in [0.3, 0.4) is 0 Å². The molecule has 4 heterocycles. The standard InChI is InChI=1S/C27H24Cl2FN7/c1-3-16-4-6-17(7-5-16)19-11-21(28)20-13-37(35-24(20)23(19)29)26(15(2)34-27-31-8-9-32-27)25-22-10-18(30)12-36(22)14-33-25/h4-9,11,13-14,18,26H,2-3,10,12H2,1H3,(H2,31,32,34)/t18-,26?/m1/s1. The topological polar surface area (TPSA) is 76.3 Å². The summed E-state index contributed by atoms with van der Waals surface area (Å²) >= 11 is 13.7. The Kier molecular flexibility index (Phi) is 6.01. The highest BCUT2D eigenvalue weighted by molar-refractivity contribution is 6.42. The highest BCUT2D eigenvalue weighted by atomic mass is 35.5. The summed E-state index contributed by atoms with van der Waals surface area (Å²) in [4.78, 5) is 11.9. The molecule has 188 valence electrons. The second-order valence-electron chi connectivity index (χ2n) is 9.16. The Morgan fingerprint density at radius 1 is 1.27 bits per heavy atom. The number of alkyl halides is 1. The first kappa shape index (κ1) is 23.8. The van der Waals surface area contributed by atoms with Crippen molar-refractivity contribution in [2.45, 2.75) is 38.5 Å². The van der Waals surface area contributed by atoms with E-state index >= 15 is 0 Å². The Labute approximate surface area is 223 Å². The predicted octanol–water partition coefficient (Wildman–Crippen LogP) is 6.60. The second kappa shape index (κ2) is 9.36. The van der Waals surface area contributed by atoms with Gasteiger partial charge in [0, 0.05) is 47.4 Å². The monoisotopic (exact) mass is 535 g/mol. The molecular weight excluding hydrogens is 512 g/mol. The number of anilines is 1. The molecule has 1 aliphatic heterocycles. The van der Waals surface area contributed by atoms with E-state index in [1.54, 1.807) is 23.4 Å². The van der Waals surface area contributed by atoms with Gasteiger partial charge in [-0.1, -0.05) is 61.0 Å². The lowest BCUT2D eigenvalue weighted by Crippen LogP contribution is -2.20. The molecule has 0 fully saturated rings. The number of nitrogens with zero attached hydrogens (tertiary/aromatic N) is 5. The van der Waals surface area contributed by atoms with Crippen molar-refractivity contribution >= 4 is 40.1 Å². The zero-order valence-electron chi connectivity index (χ0n) is 20.0. The van der Waals surface area contributed by atoms with E-state index in [4.69, 9.17) is 28.3 Å². The maximum absolute atomic E-state index is 14.3. The fraction of sp³-hybridized carbons (Fsp3) is 0.222. The quantitative estimate of drug-likeness (QED) is 0.246. The van der Waals surface area contributed by atoms with Crippen LogP contribution in [0.5, 0.6) is 0 Å². The van der Waals surface area contributed by atoms with E-state index in [2.05, 4.69) is 45.9 Å². The van der Waals surface area contributed by atoms with E-state index in [1.807, 2.05) is 29.0 Å². The number of hydrogen-bond donors (Lipinski definition) is 2. The fourth-order valence-corrected chi connectivity index (χ4v) is 5.46. The van der Waals surface area contributed by atoms with Gasteiger partial charge in [-0.25, -0.2) is 14.4 Å². The van der Waals surface area contributed by atoms with Crippen LogP contribution in [0.25, 0.3) is 22.0 Å². The minimum Gasteiger partial charge on any atom is -0.331 e. The molecule has 2 aromatic carbocycles. The number of fused-ring (bicyclic) bond motifs is 2. The van der Waals surface area contributed by atoms with Gasteiger partial charge in [0.05, 0.1) is 28.6 Å². The Morgan fingerprint density at radius 3 is 2.81 bits per heavy atom. The van der Waals surface area contributed by atoms with Crippen molar-refractivity contribution < 1.29 is 4.39 Å². The van der Waals surface area contributed by atoms with Gasteiger partial charge in [-0.15, -0.1) is 0 Å². The summed E-state index contributed by atoms with van der Waals surface area (Å²) in [6, 6.07) is 9.56. The number of nitrogens with one attached hydrogen (secondary N) is 2. The van der Waals surface area contributed by atoms with Crippen LogP contribution in [0.15, 0.2) is 67.5 Å². The van der Waals surface area contributed by atoms with Crippen LogP contribution in [-0.4, -0.2) is 35.5 Å². The van der Waals surface area contributed by atoms with Crippen molar-refractivity contribution in [1.82, 2.24) is 29.3 Å². The lowest BCUT2D eigenvalue weighted by molar-refractivity contribution is 0.328. The number of aromatic amines is 1. The van der Waals surface area contributed by atoms with Crippen molar-refractivity contribution in [3.63, 3.8) is 0 Å². The number of aromatic nitrogens is 6. The molecule has 0 amide bonds. The average molecular weight is 536 g/mol. The highest BCUT2D eigenvalue weighted by Gasteiger charge is 2.32. The first-order valence-electron chi connectivity index (χ1n) is 12.0. The zero-order valence-corrected chi connectivity index (χ0v) is 21.6. The average Bonchev–Trinajstić information content (AvgIpc) is 3.68. The van der Waals surface area contributed by atoms with Crippen LogP contribution in [0, 0.1) is 0 Å². The van der Waals surface area contributed by atoms with Crippen molar-refractivity contribution in [2.24, 2.45) is 0 Å². The van der Waals surface area contributed by atoms with Gasteiger partial charge < -0.3 is 14.9 Å². The van der Waals surface area contributed by atoms with Gasteiger partial charge in [-0.2, -0.15) is 5.10 Å². The molecule has 1 unspecified atom stereocenters. The van der Waals surface area contributed by atoms with Crippen LogP contribution in [0.4, 0.5) is 10.3 Å². The maximum Gasteiger partial charge on any atom is 0.204 e. The molecule has 0 radical (unpaired) electrons. The molecular formula is C27H24Cl2FN7. The molecule has 1 aliphatic rings. The number of allylic oxidation sites excluding steroid dienone is 1. The van der Waals surface area contributed by atoms with E-state index in [1.165, 1.54) is 5.56 Å². The Morgan fingerprint density at radius 2 is 2.08 bits per heavy atom. The zero-order chi connectivity index (χ0) is 25.7. The molecule has 2 atom stereocenters. The minimum absolute atomic E-state index is 0.278. The number of hydrogen-bond acceptors (Lipinski definition) is 4. The Balaban J connectivity index is 1.47. The normalized spacial score (nSPS) is 15.7. The van der Waals surface area contributed by atoms with E-state index in [0.717, 1.165) is 23.2 Å². The van der Waals surface area contributed by atoms with Crippen molar-refractivity contribution in [2.75, 3.05) is 5.32 Å². The SMILES string of the molecule is C=C(Nc1ncc[nH]1)C(c1ncn2c1C[C@@H](F)C2)n1cc2c(Cl)cc(-c3ccc(CC)cc3)c(Cl)c2n1. The summed E-state index contributed by atoms with van der Waals surface area (Å²) in [5, 5.41) is 9.81.